The molecule has 0 saturated carbocycles. The zero-order valence-corrected chi connectivity index (χ0v) is 11.2. The Morgan fingerprint density at radius 3 is 2.80 bits per heavy atom. The van der Waals surface area contributed by atoms with Crippen LogP contribution < -0.4 is 5.32 Å². The maximum absolute atomic E-state index is 11.4. The van der Waals surface area contributed by atoms with Gasteiger partial charge < -0.3 is 5.32 Å². The number of urea groups is 1. The molecule has 0 aliphatic rings. The molecule has 1 aromatic carbocycles. The van der Waals surface area contributed by atoms with Crippen molar-refractivity contribution in [1.29, 1.82) is 0 Å². The molecule has 0 aromatic heterocycles. The zero-order chi connectivity index (χ0) is 11.4. The highest BCUT2D eigenvalue weighted by molar-refractivity contribution is 14.1. The average molecular weight is 341 g/mol. The van der Waals surface area contributed by atoms with Crippen LogP contribution in [0.3, 0.4) is 0 Å². The highest BCUT2D eigenvalue weighted by atomic mass is 127. The summed E-state index contributed by atoms with van der Waals surface area (Å²) in [4.78, 5) is 16.1. The quantitative estimate of drug-likeness (QED) is 0.664. The first-order chi connectivity index (χ1) is 7.04. The van der Waals surface area contributed by atoms with E-state index in [9.17, 15) is 4.79 Å². The van der Waals surface area contributed by atoms with Crippen molar-refractivity contribution in [2.45, 2.75) is 0 Å². The molecule has 0 bridgehead atoms. The first-order valence-electron chi connectivity index (χ1n) is 4.08. The van der Waals surface area contributed by atoms with E-state index in [0.717, 1.165) is 8.63 Å². The van der Waals surface area contributed by atoms with Gasteiger partial charge in [0, 0.05) is 16.3 Å². The average Bonchev–Trinajstić information content (AvgIpc) is 2.22. The third-order valence-electron chi connectivity index (χ3n) is 1.73. The Kier molecular flexibility index (Phi) is 4.62. The van der Waals surface area contributed by atoms with Crippen molar-refractivity contribution in [3.05, 3.63) is 26.8 Å². The number of nitrogens with one attached hydrogen (secondary N) is 1. The highest BCUT2D eigenvalue weighted by Gasteiger charge is 2.08. The maximum atomic E-state index is 11.4. The number of nitrogens with zero attached hydrogens (tertiary/aromatic N) is 1. The standard InChI is InChI=1S/C9H10ClIN2O2/c1-13(15-2)9(14)12-6-3-4-8(11)7(10)5-6/h3-5H,1-2H3,(H,12,14). The van der Waals surface area contributed by atoms with Crippen LogP contribution >= 0.6 is 34.2 Å². The summed E-state index contributed by atoms with van der Waals surface area (Å²) in [6.07, 6.45) is 0. The van der Waals surface area contributed by atoms with Crippen molar-refractivity contribution in [2.75, 3.05) is 19.5 Å². The van der Waals surface area contributed by atoms with E-state index in [1.165, 1.54) is 14.2 Å². The van der Waals surface area contributed by atoms with Crippen LogP contribution in [0, 0.1) is 3.57 Å². The number of amides is 2. The lowest BCUT2D eigenvalue weighted by Gasteiger charge is -2.14. The number of benzene rings is 1. The number of hydrogen-bond donors (Lipinski definition) is 1. The van der Waals surface area contributed by atoms with Crippen molar-refractivity contribution in [3.8, 4) is 0 Å². The van der Waals surface area contributed by atoms with Crippen LogP contribution in [-0.2, 0) is 4.84 Å². The lowest BCUT2D eigenvalue weighted by Crippen LogP contribution is -2.30. The number of carbonyl (C=O) groups excluding carboxylic acids is 1. The molecule has 0 aliphatic heterocycles. The Labute approximate surface area is 107 Å². The summed E-state index contributed by atoms with van der Waals surface area (Å²) in [7, 11) is 2.93. The molecule has 0 atom stereocenters. The molecule has 1 aromatic rings. The smallest absolute Gasteiger partial charge is 0.306 e. The minimum atomic E-state index is -0.352. The van der Waals surface area contributed by atoms with Gasteiger partial charge in [-0.05, 0) is 40.8 Å². The summed E-state index contributed by atoms with van der Waals surface area (Å²) in [6.45, 7) is 0. The van der Waals surface area contributed by atoms with Crippen LogP contribution in [0.4, 0.5) is 10.5 Å². The van der Waals surface area contributed by atoms with E-state index in [2.05, 4.69) is 27.9 Å². The molecule has 15 heavy (non-hydrogen) atoms. The van der Waals surface area contributed by atoms with E-state index in [0.29, 0.717) is 10.7 Å². The molecule has 0 heterocycles. The molecule has 2 amide bonds. The summed E-state index contributed by atoms with van der Waals surface area (Å²) in [5, 5.41) is 4.33. The summed E-state index contributed by atoms with van der Waals surface area (Å²) < 4.78 is 0.937. The number of hydrogen-bond acceptors (Lipinski definition) is 2. The van der Waals surface area contributed by atoms with E-state index in [1.807, 2.05) is 6.07 Å². The summed E-state index contributed by atoms with van der Waals surface area (Å²) in [6, 6.07) is 4.93. The van der Waals surface area contributed by atoms with Gasteiger partial charge in [-0.3, -0.25) is 4.84 Å². The molecular formula is C9H10ClIN2O2. The fourth-order valence-electron chi connectivity index (χ4n) is 0.859. The van der Waals surface area contributed by atoms with Crippen LogP contribution in [0.2, 0.25) is 5.02 Å². The van der Waals surface area contributed by atoms with Crippen molar-refractivity contribution in [1.82, 2.24) is 5.06 Å². The van der Waals surface area contributed by atoms with Gasteiger partial charge in [0.05, 0.1) is 12.1 Å². The van der Waals surface area contributed by atoms with Crippen molar-refractivity contribution in [3.63, 3.8) is 0 Å². The SMILES string of the molecule is CON(C)C(=O)Nc1ccc(I)c(Cl)c1. The minimum Gasteiger partial charge on any atom is -0.306 e. The number of halogens is 2. The van der Waals surface area contributed by atoms with Gasteiger partial charge in [-0.1, -0.05) is 11.6 Å². The lowest BCUT2D eigenvalue weighted by atomic mass is 10.3. The zero-order valence-electron chi connectivity index (χ0n) is 8.25. The Bertz CT molecular complexity index is 373. The summed E-state index contributed by atoms with van der Waals surface area (Å²) in [5.41, 5.74) is 0.634. The van der Waals surface area contributed by atoms with Gasteiger partial charge in [0.25, 0.3) is 0 Å². The normalized spacial score (nSPS) is 9.87. The third-order valence-corrected chi connectivity index (χ3v) is 3.30. The van der Waals surface area contributed by atoms with Crippen LogP contribution in [0.1, 0.15) is 0 Å². The predicted molar refractivity (Wildman–Crippen MR) is 68.0 cm³/mol. The molecule has 0 fully saturated rings. The third kappa shape index (κ3) is 3.51. The minimum absolute atomic E-state index is 0.352. The Hall–Kier alpha value is -0.530. The first kappa shape index (κ1) is 12.5. The van der Waals surface area contributed by atoms with Crippen LogP contribution in [0.5, 0.6) is 0 Å². The molecule has 1 rings (SSSR count). The topological polar surface area (TPSA) is 41.6 Å². The van der Waals surface area contributed by atoms with E-state index in [4.69, 9.17) is 16.4 Å². The second kappa shape index (κ2) is 5.53. The van der Waals surface area contributed by atoms with Crippen LogP contribution in [-0.4, -0.2) is 25.3 Å². The fourth-order valence-corrected chi connectivity index (χ4v) is 1.38. The second-order valence-corrected chi connectivity index (χ2v) is 4.31. The molecular weight excluding hydrogens is 330 g/mol. The molecule has 0 unspecified atom stereocenters. The van der Waals surface area contributed by atoms with Gasteiger partial charge in [-0.25, -0.2) is 9.86 Å². The molecule has 0 radical (unpaired) electrons. The number of anilines is 1. The number of rotatable bonds is 2. The number of carbonyl (C=O) groups is 1. The van der Waals surface area contributed by atoms with Crippen LogP contribution in [0.25, 0.3) is 0 Å². The van der Waals surface area contributed by atoms with E-state index < -0.39 is 0 Å². The largest absolute Gasteiger partial charge is 0.345 e. The lowest BCUT2D eigenvalue weighted by molar-refractivity contribution is -0.0598. The maximum Gasteiger partial charge on any atom is 0.345 e. The molecule has 6 heteroatoms. The second-order valence-electron chi connectivity index (χ2n) is 2.74. The number of hydroxylamine groups is 2. The van der Waals surface area contributed by atoms with Crippen molar-refractivity contribution in [2.24, 2.45) is 0 Å². The molecule has 1 N–H and O–H groups in total. The molecule has 0 aliphatic carbocycles. The van der Waals surface area contributed by atoms with Gasteiger partial charge >= 0.3 is 6.03 Å². The van der Waals surface area contributed by atoms with E-state index in [1.54, 1.807) is 12.1 Å². The van der Waals surface area contributed by atoms with Gasteiger partial charge in [0.2, 0.25) is 0 Å². The first-order valence-corrected chi connectivity index (χ1v) is 5.54. The summed E-state index contributed by atoms with van der Waals surface area (Å²) in [5.74, 6) is 0. The fraction of sp³-hybridized carbons (Fsp3) is 0.222. The van der Waals surface area contributed by atoms with Gasteiger partial charge in [0.1, 0.15) is 0 Å². The van der Waals surface area contributed by atoms with Gasteiger partial charge in [0.15, 0.2) is 0 Å². The van der Waals surface area contributed by atoms with Crippen molar-refractivity contribution < 1.29 is 9.63 Å². The highest BCUT2D eigenvalue weighted by Crippen LogP contribution is 2.22. The van der Waals surface area contributed by atoms with Crippen molar-refractivity contribution >= 4 is 45.9 Å². The molecule has 0 saturated heterocycles. The Morgan fingerprint density at radius 2 is 2.27 bits per heavy atom. The Morgan fingerprint density at radius 1 is 1.60 bits per heavy atom. The molecule has 82 valence electrons. The monoisotopic (exact) mass is 340 g/mol. The van der Waals surface area contributed by atoms with Gasteiger partial charge in [-0.2, -0.15) is 0 Å². The molecule has 4 nitrogen and oxygen atoms in total. The van der Waals surface area contributed by atoms with Gasteiger partial charge in [-0.15, -0.1) is 0 Å². The Balaban J connectivity index is 2.73. The predicted octanol–water partition coefficient (Wildman–Crippen LogP) is 2.97. The van der Waals surface area contributed by atoms with Crippen LogP contribution in [0.15, 0.2) is 18.2 Å². The van der Waals surface area contributed by atoms with E-state index >= 15 is 0 Å². The van der Waals surface area contributed by atoms with E-state index in [-0.39, 0.29) is 6.03 Å². The molecule has 0 spiro atoms. The summed E-state index contributed by atoms with van der Waals surface area (Å²) >= 11 is 8.02.